The van der Waals surface area contributed by atoms with E-state index < -0.39 is 0 Å². The standard InChI is InChI=1S/C14H15ClN2S/c1-9(10-4-6-16-7-5-10)17-12-2-3-13-11(12)8-14(15)18-13/h4-9,12,17H,2-3H2,1H3/t9-,12?/m1/s1. The quantitative estimate of drug-likeness (QED) is 0.913. The van der Waals surface area contributed by atoms with Crippen LogP contribution in [0.5, 0.6) is 0 Å². The van der Waals surface area contributed by atoms with Gasteiger partial charge in [-0.1, -0.05) is 11.6 Å². The first kappa shape index (κ1) is 12.2. The zero-order chi connectivity index (χ0) is 12.5. The molecule has 2 atom stereocenters. The second kappa shape index (κ2) is 5.00. The molecule has 18 heavy (non-hydrogen) atoms. The Kier molecular flexibility index (Phi) is 3.37. The molecule has 0 amide bonds. The van der Waals surface area contributed by atoms with Crippen molar-refractivity contribution in [2.45, 2.75) is 31.8 Å². The van der Waals surface area contributed by atoms with Crippen molar-refractivity contribution in [2.75, 3.05) is 0 Å². The summed E-state index contributed by atoms with van der Waals surface area (Å²) in [5.41, 5.74) is 2.67. The second-order valence-electron chi connectivity index (χ2n) is 4.69. The second-order valence-corrected chi connectivity index (χ2v) is 6.46. The monoisotopic (exact) mass is 278 g/mol. The molecule has 4 heteroatoms. The van der Waals surface area contributed by atoms with Crippen LogP contribution in [0.1, 0.15) is 41.4 Å². The first-order valence-electron chi connectivity index (χ1n) is 6.18. The minimum atomic E-state index is 0.336. The largest absolute Gasteiger partial charge is 0.303 e. The van der Waals surface area contributed by atoms with Gasteiger partial charge < -0.3 is 5.32 Å². The molecular weight excluding hydrogens is 264 g/mol. The van der Waals surface area contributed by atoms with Crippen molar-refractivity contribution in [1.82, 2.24) is 10.3 Å². The first-order chi connectivity index (χ1) is 8.74. The smallest absolute Gasteiger partial charge is 0.0934 e. The fourth-order valence-corrected chi connectivity index (χ4v) is 3.91. The first-order valence-corrected chi connectivity index (χ1v) is 7.37. The van der Waals surface area contributed by atoms with Crippen LogP contribution in [0.15, 0.2) is 30.6 Å². The van der Waals surface area contributed by atoms with Crippen LogP contribution < -0.4 is 5.32 Å². The van der Waals surface area contributed by atoms with Gasteiger partial charge in [-0.05, 0) is 49.1 Å². The molecule has 0 bridgehead atoms. The molecule has 0 aromatic carbocycles. The van der Waals surface area contributed by atoms with E-state index in [-0.39, 0.29) is 0 Å². The van der Waals surface area contributed by atoms with Crippen LogP contribution >= 0.6 is 22.9 Å². The maximum Gasteiger partial charge on any atom is 0.0934 e. The van der Waals surface area contributed by atoms with Crippen molar-refractivity contribution in [3.8, 4) is 0 Å². The van der Waals surface area contributed by atoms with E-state index in [1.54, 1.807) is 11.3 Å². The molecule has 1 aliphatic carbocycles. The average Bonchev–Trinajstić information content (AvgIpc) is 2.91. The van der Waals surface area contributed by atoms with Gasteiger partial charge in [0.05, 0.1) is 4.34 Å². The van der Waals surface area contributed by atoms with E-state index in [9.17, 15) is 0 Å². The number of aromatic nitrogens is 1. The molecule has 0 saturated carbocycles. The number of halogens is 1. The van der Waals surface area contributed by atoms with Gasteiger partial charge in [0.15, 0.2) is 0 Å². The Morgan fingerprint density at radius 1 is 1.44 bits per heavy atom. The van der Waals surface area contributed by atoms with Crippen molar-refractivity contribution in [3.63, 3.8) is 0 Å². The number of hydrogen-bond acceptors (Lipinski definition) is 3. The van der Waals surface area contributed by atoms with Crippen LogP contribution in [-0.4, -0.2) is 4.98 Å². The predicted molar refractivity (Wildman–Crippen MR) is 76.2 cm³/mol. The molecule has 1 unspecified atom stereocenters. The zero-order valence-electron chi connectivity index (χ0n) is 10.2. The Bertz CT molecular complexity index is 538. The molecule has 0 aliphatic heterocycles. The highest BCUT2D eigenvalue weighted by Crippen LogP contribution is 2.40. The minimum absolute atomic E-state index is 0.336. The average molecular weight is 279 g/mol. The van der Waals surface area contributed by atoms with Crippen molar-refractivity contribution in [1.29, 1.82) is 0 Å². The van der Waals surface area contributed by atoms with Crippen LogP contribution in [0.2, 0.25) is 4.34 Å². The van der Waals surface area contributed by atoms with Gasteiger partial charge >= 0.3 is 0 Å². The van der Waals surface area contributed by atoms with Gasteiger partial charge in [0, 0.05) is 29.4 Å². The van der Waals surface area contributed by atoms with E-state index in [4.69, 9.17) is 11.6 Å². The summed E-state index contributed by atoms with van der Waals surface area (Å²) < 4.78 is 0.906. The van der Waals surface area contributed by atoms with E-state index in [0.717, 1.165) is 10.8 Å². The van der Waals surface area contributed by atoms with E-state index in [0.29, 0.717) is 12.1 Å². The Morgan fingerprint density at radius 3 is 3.00 bits per heavy atom. The lowest BCUT2D eigenvalue weighted by Gasteiger charge is -2.20. The lowest BCUT2D eigenvalue weighted by Crippen LogP contribution is -2.22. The number of nitrogens with one attached hydrogen (secondary N) is 1. The van der Waals surface area contributed by atoms with Crippen molar-refractivity contribution < 1.29 is 0 Å². The Morgan fingerprint density at radius 2 is 2.22 bits per heavy atom. The molecule has 1 N–H and O–H groups in total. The number of nitrogens with zero attached hydrogens (tertiary/aromatic N) is 1. The summed E-state index contributed by atoms with van der Waals surface area (Å²) in [5.74, 6) is 0. The molecule has 1 aliphatic rings. The summed E-state index contributed by atoms with van der Waals surface area (Å²) in [6.45, 7) is 2.20. The summed E-state index contributed by atoms with van der Waals surface area (Å²) in [7, 11) is 0. The number of rotatable bonds is 3. The summed E-state index contributed by atoms with van der Waals surface area (Å²) in [6.07, 6.45) is 6.01. The number of pyridine rings is 1. The molecule has 94 valence electrons. The topological polar surface area (TPSA) is 24.9 Å². The number of fused-ring (bicyclic) bond motifs is 1. The van der Waals surface area contributed by atoms with Gasteiger partial charge in [0.1, 0.15) is 0 Å². The highest BCUT2D eigenvalue weighted by atomic mass is 35.5. The van der Waals surface area contributed by atoms with Gasteiger partial charge in [-0.25, -0.2) is 0 Å². The van der Waals surface area contributed by atoms with Crippen LogP contribution in [0, 0.1) is 0 Å². The lowest BCUT2D eigenvalue weighted by atomic mass is 10.1. The van der Waals surface area contributed by atoms with Crippen molar-refractivity contribution in [2.24, 2.45) is 0 Å². The molecule has 2 nitrogen and oxygen atoms in total. The van der Waals surface area contributed by atoms with Gasteiger partial charge in [-0.15, -0.1) is 11.3 Å². The fourth-order valence-electron chi connectivity index (χ4n) is 2.55. The van der Waals surface area contributed by atoms with Crippen LogP contribution in [0.4, 0.5) is 0 Å². The molecule has 2 aromatic heterocycles. The molecule has 0 fully saturated rings. The highest BCUT2D eigenvalue weighted by molar-refractivity contribution is 7.16. The van der Waals surface area contributed by atoms with Crippen LogP contribution in [-0.2, 0) is 6.42 Å². The summed E-state index contributed by atoms with van der Waals surface area (Å²) in [4.78, 5) is 5.50. The Labute approximate surface area is 116 Å². The van der Waals surface area contributed by atoms with Crippen molar-refractivity contribution >= 4 is 22.9 Å². The Balaban J connectivity index is 1.75. The number of hydrogen-bond donors (Lipinski definition) is 1. The molecule has 0 spiro atoms. The summed E-state index contributed by atoms with van der Waals surface area (Å²) in [6, 6.07) is 7.02. The normalized spacial score (nSPS) is 19.8. The third kappa shape index (κ3) is 2.30. The molecule has 0 radical (unpaired) electrons. The summed E-state index contributed by atoms with van der Waals surface area (Å²) >= 11 is 7.80. The lowest BCUT2D eigenvalue weighted by molar-refractivity contribution is 0.465. The van der Waals surface area contributed by atoms with Gasteiger partial charge in [-0.3, -0.25) is 4.98 Å². The maximum atomic E-state index is 6.08. The molecular formula is C14H15ClN2S. The van der Waals surface area contributed by atoms with Gasteiger partial charge in [0.25, 0.3) is 0 Å². The molecule has 3 rings (SSSR count). The third-order valence-corrected chi connectivity index (χ3v) is 4.84. The zero-order valence-corrected chi connectivity index (χ0v) is 11.8. The molecule has 2 heterocycles. The minimum Gasteiger partial charge on any atom is -0.303 e. The molecule has 0 saturated heterocycles. The Hall–Kier alpha value is -0.900. The number of aryl methyl sites for hydroxylation is 1. The predicted octanol–water partition coefficient (Wildman–Crippen LogP) is 4.13. The van der Waals surface area contributed by atoms with E-state index in [2.05, 4.69) is 35.4 Å². The van der Waals surface area contributed by atoms with Crippen molar-refractivity contribution in [3.05, 3.63) is 50.9 Å². The number of thiophene rings is 1. The third-order valence-electron chi connectivity index (χ3n) is 3.50. The molecule has 2 aromatic rings. The van der Waals surface area contributed by atoms with Gasteiger partial charge in [0.2, 0.25) is 0 Å². The van der Waals surface area contributed by atoms with Gasteiger partial charge in [-0.2, -0.15) is 0 Å². The van der Waals surface area contributed by atoms with E-state index in [1.807, 2.05) is 12.4 Å². The van der Waals surface area contributed by atoms with Crippen LogP contribution in [0.3, 0.4) is 0 Å². The van der Waals surface area contributed by atoms with Crippen LogP contribution in [0.25, 0.3) is 0 Å². The highest BCUT2D eigenvalue weighted by Gasteiger charge is 2.26. The van der Waals surface area contributed by atoms with E-state index in [1.165, 1.54) is 22.4 Å². The fraction of sp³-hybridized carbons (Fsp3) is 0.357. The summed E-state index contributed by atoms with van der Waals surface area (Å²) in [5, 5.41) is 3.68. The van der Waals surface area contributed by atoms with E-state index >= 15 is 0 Å². The SMILES string of the molecule is C[C@@H](NC1CCc2sc(Cl)cc21)c1ccncc1. The maximum absolute atomic E-state index is 6.08.